The van der Waals surface area contributed by atoms with Crippen molar-refractivity contribution in [3.63, 3.8) is 0 Å². The van der Waals surface area contributed by atoms with Crippen molar-refractivity contribution in [3.05, 3.63) is 52.2 Å². The molecule has 1 amide bonds. The van der Waals surface area contributed by atoms with E-state index in [1.165, 1.54) is 4.88 Å². The number of Topliss-reactive ketones (excluding diaryl/α,β-unsaturated/α-hetero) is 1. The van der Waals surface area contributed by atoms with Gasteiger partial charge in [-0.2, -0.15) is 0 Å². The molecule has 1 atom stereocenters. The average molecular weight is 386 g/mol. The average Bonchev–Trinajstić information content (AvgIpc) is 3.21. The number of rotatable bonds is 7. The number of ketones is 1. The number of piperazine rings is 1. The number of nitrogens with one attached hydrogen (secondary N) is 1. The largest absolute Gasteiger partial charge is 0.369 e. The Morgan fingerprint density at radius 2 is 1.81 bits per heavy atom. The van der Waals surface area contributed by atoms with Gasteiger partial charge in [0.15, 0.2) is 5.78 Å². The van der Waals surface area contributed by atoms with Crippen molar-refractivity contribution in [1.82, 2.24) is 10.2 Å². The molecule has 1 fully saturated rings. The summed E-state index contributed by atoms with van der Waals surface area (Å²) in [6.45, 7) is 7.73. The van der Waals surface area contributed by atoms with Gasteiger partial charge in [-0.05, 0) is 56.0 Å². The predicted octanol–water partition coefficient (Wildman–Crippen LogP) is 2.82. The first-order valence-electron chi connectivity index (χ1n) is 9.44. The molecule has 0 saturated carbocycles. The molecule has 0 bridgehead atoms. The van der Waals surface area contributed by atoms with Crippen LogP contribution in [-0.4, -0.2) is 55.4 Å². The van der Waals surface area contributed by atoms with Crippen LogP contribution in [0.15, 0.2) is 41.8 Å². The number of amides is 1. The summed E-state index contributed by atoms with van der Waals surface area (Å²) < 4.78 is 0. The fourth-order valence-electron chi connectivity index (χ4n) is 3.35. The molecule has 1 aliphatic rings. The molecule has 144 valence electrons. The molecule has 0 unspecified atom stereocenters. The standard InChI is InChI=1S/C21H27N3O2S/c1-16(21(26)22-10-9-20-4-3-15-27-20)23-11-13-24(14-12-23)19-7-5-18(6-8-19)17(2)25/h3-8,15-16H,9-14H2,1-2H3,(H,22,26)/t16-/m0/s1. The minimum absolute atomic E-state index is 0.0882. The topological polar surface area (TPSA) is 52.7 Å². The zero-order valence-corrected chi connectivity index (χ0v) is 16.8. The Morgan fingerprint density at radius 3 is 2.41 bits per heavy atom. The molecule has 1 aromatic carbocycles. The monoisotopic (exact) mass is 385 g/mol. The van der Waals surface area contributed by atoms with Gasteiger partial charge in [0.2, 0.25) is 5.91 Å². The highest BCUT2D eigenvalue weighted by Gasteiger charge is 2.25. The van der Waals surface area contributed by atoms with E-state index in [4.69, 9.17) is 0 Å². The Morgan fingerprint density at radius 1 is 1.11 bits per heavy atom. The Hall–Kier alpha value is -2.18. The van der Waals surface area contributed by atoms with Gasteiger partial charge < -0.3 is 10.2 Å². The van der Waals surface area contributed by atoms with E-state index in [0.717, 1.165) is 43.9 Å². The number of hydrogen-bond donors (Lipinski definition) is 1. The number of thiophene rings is 1. The lowest BCUT2D eigenvalue weighted by Gasteiger charge is -2.38. The van der Waals surface area contributed by atoms with E-state index in [1.807, 2.05) is 37.3 Å². The zero-order valence-electron chi connectivity index (χ0n) is 16.0. The fraction of sp³-hybridized carbons (Fsp3) is 0.429. The molecule has 5 nitrogen and oxygen atoms in total. The van der Waals surface area contributed by atoms with E-state index >= 15 is 0 Å². The SMILES string of the molecule is CC(=O)c1ccc(N2CCN([C@@H](C)C(=O)NCCc3cccs3)CC2)cc1. The first kappa shape index (κ1) is 19.6. The van der Waals surface area contributed by atoms with Gasteiger partial charge >= 0.3 is 0 Å². The fourth-order valence-corrected chi connectivity index (χ4v) is 4.06. The maximum atomic E-state index is 12.4. The van der Waals surface area contributed by atoms with Crippen LogP contribution in [0, 0.1) is 0 Å². The van der Waals surface area contributed by atoms with Crippen LogP contribution in [0.1, 0.15) is 29.1 Å². The third-order valence-electron chi connectivity index (χ3n) is 5.13. The Bertz CT molecular complexity index is 750. The summed E-state index contributed by atoms with van der Waals surface area (Å²) in [6, 6.07) is 11.8. The second kappa shape index (κ2) is 9.15. The summed E-state index contributed by atoms with van der Waals surface area (Å²) in [5.74, 6) is 0.191. The number of carbonyl (C=O) groups excluding carboxylic acids is 2. The summed E-state index contributed by atoms with van der Waals surface area (Å²) in [7, 11) is 0. The quantitative estimate of drug-likeness (QED) is 0.745. The molecule has 1 N–H and O–H groups in total. The first-order chi connectivity index (χ1) is 13.0. The van der Waals surface area contributed by atoms with Crippen LogP contribution < -0.4 is 10.2 Å². The lowest BCUT2D eigenvalue weighted by molar-refractivity contribution is -0.125. The van der Waals surface area contributed by atoms with Crippen LogP contribution in [0.3, 0.4) is 0 Å². The molecule has 0 aliphatic carbocycles. The van der Waals surface area contributed by atoms with Crippen molar-refractivity contribution >= 4 is 28.7 Å². The third kappa shape index (κ3) is 5.17. The van der Waals surface area contributed by atoms with Crippen LogP contribution in [-0.2, 0) is 11.2 Å². The smallest absolute Gasteiger partial charge is 0.237 e. The van der Waals surface area contributed by atoms with Gasteiger partial charge in [-0.15, -0.1) is 11.3 Å². The van der Waals surface area contributed by atoms with Crippen LogP contribution in [0.25, 0.3) is 0 Å². The molecule has 2 aromatic rings. The molecule has 27 heavy (non-hydrogen) atoms. The van der Waals surface area contributed by atoms with Crippen molar-refractivity contribution in [2.75, 3.05) is 37.6 Å². The van der Waals surface area contributed by atoms with Crippen LogP contribution in [0.5, 0.6) is 0 Å². The minimum atomic E-state index is -0.115. The molecule has 1 aromatic heterocycles. The number of carbonyl (C=O) groups is 2. The van der Waals surface area contributed by atoms with Crippen LogP contribution in [0.2, 0.25) is 0 Å². The first-order valence-corrected chi connectivity index (χ1v) is 10.3. The second-order valence-electron chi connectivity index (χ2n) is 6.92. The Balaban J connectivity index is 1.44. The molecule has 6 heteroatoms. The normalized spacial score (nSPS) is 16.1. The maximum Gasteiger partial charge on any atom is 0.237 e. The summed E-state index contributed by atoms with van der Waals surface area (Å²) in [5.41, 5.74) is 1.87. The Kier molecular flexibility index (Phi) is 6.63. The van der Waals surface area contributed by atoms with E-state index in [1.54, 1.807) is 18.3 Å². The lowest BCUT2D eigenvalue weighted by atomic mass is 10.1. The molecule has 2 heterocycles. The molecule has 0 spiro atoms. The molecule has 1 aliphatic heterocycles. The van der Waals surface area contributed by atoms with Crippen molar-refractivity contribution in [2.45, 2.75) is 26.3 Å². The minimum Gasteiger partial charge on any atom is -0.369 e. The van der Waals surface area contributed by atoms with Gasteiger partial charge in [-0.1, -0.05) is 6.07 Å². The lowest BCUT2D eigenvalue weighted by Crippen LogP contribution is -2.54. The van der Waals surface area contributed by atoms with Gasteiger partial charge in [0.05, 0.1) is 6.04 Å². The van der Waals surface area contributed by atoms with Crippen LogP contribution >= 0.6 is 11.3 Å². The van der Waals surface area contributed by atoms with Crippen molar-refractivity contribution in [3.8, 4) is 0 Å². The van der Waals surface area contributed by atoms with Gasteiger partial charge in [0.1, 0.15) is 0 Å². The molecule has 0 radical (unpaired) electrons. The highest BCUT2D eigenvalue weighted by molar-refractivity contribution is 7.09. The number of benzene rings is 1. The number of anilines is 1. The summed E-state index contributed by atoms with van der Waals surface area (Å²) in [6.07, 6.45) is 0.889. The zero-order chi connectivity index (χ0) is 19.2. The maximum absolute atomic E-state index is 12.4. The van der Waals surface area contributed by atoms with Crippen LogP contribution in [0.4, 0.5) is 5.69 Å². The molecule has 1 saturated heterocycles. The van der Waals surface area contributed by atoms with Gasteiger partial charge in [-0.25, -0.2) is 0 Å². The second-order valence-corrected chi connectivity index (χ2v) is 7.95. The van der Waals surface area contributed by atoms with E-state index in [-0.39, 0.29) is 17.7 Å². The number of hydrogen-bond acceptors (Lipinski definition) is 5. The highest BCUT2D eigenvalue weighted by Crippen LogP contribution is 2.18. The molecular weight excluding hydrogens is 358 g/mol. The van der Waals surface area contributed by atoms with E-state index in [0.29, 0.717) is 6.54 Å². The van der Waals surface area contributed by atoms with E-state index in [9.17, 15) is 9.59 Å². The van der Waals surface area contributed by atoms with E-state index < -0.39 is 0 Å². The summed E-state index contributed by atoms with van der Waals surface area (Å²) in [4.78, 5) is 29.7. The molecule has 3 rings (SSSR count). The third-order valence-corrected chi connectivity index (χ3v) is 6.07. The van der Waals surface area contributed by atoms with E-state index in [2.05, 4.69) is 26.6 Å². The van der Waals surface area contributed by atoms with Gasteiger partial charge in [-0.3, -0.25) is 14.5 Å². The van der Waals surface area contributed by atoms with Crippen molar-refractivity contribution in [2.24, 2.45) is 0 Å². The Labute approximate surface area is 165 Å². The molecular formula is C21H27N3O2S. The van der Waals surface area contributed by atoms with Gasteiger partial charge in [0, 0.05) is 48.9 Å². The summed E-state index contributed by atoms with van der Waals surface area (Å²) >= 11 is 1.73. The van der Waals surface area contributed by atoms with Gasteiger partial charge in [0.25, 0.3) is 0 Å². The highest BCUT2D eigenvalue weighted by atomic mass is 32.1. The summed E-state index contributed by atoms with van der Waals surface area (Å²) in [5, 5.41) is 5.12. The predicted molar refractivity (Wildman–Crippen MR) is 111 cm³/mol. The van der Waals surface area contributed by atoms with Crippen molar-refractivity contribution in [1.29, 1.82) is 0 Å². The van der Waals surface area contributed by atoms with Crippen molar-refractivity contribution < 1.29 is 9.59 Å². The number of nitrogens with zero attached hydrogens (tertiary/aromatic N) is 2.